The van der Waals surface area contributed by atoms with Gasteiger partial charge < -0.3 is 15.2 Å². The molecule has 0 heterocycles. The van der Waals surface area contributed by atoms with Crippen molar-refractivity contribution in [1.82, 2.24) is 0 Å². The fourth-order valence-electron chi connectivity index (χ4n) is 1.45. The minimum Gasteiger partial charge on any atom is -0.493 e. The van der Waals surface area contributed by atoms with E-state index in [0.717, 1.165) is 0 Å². The predicted octanol–water partition coefficient (Wildman–Crippen LogP) is 1.87. The number of carbonyl (C=O) groups excluding carboxylic acids is 1. The van der Waals surface area contributed by atoms with E-state index < -0.39 is 5.91 Å². The Bertz CT molecular complexity index is 542. The number of methoxy groups -OCH3 is 1. The van der Waals surface area contributed by atoms with Crippen LogP contribution >= 0.6 is 0 Å². The summed E-state index contributed by atoms with van der Waals surface area (Å²) in [7, 11) is 1.52. The fourth-order valence-corrected chi connectivity index (χ4v) is 1.45. The van der Waals surface area contributed by atoms with Crippen LogP contribution in [0.1, 0.15) is 19.4 Å². The SMILES string of the molecule is COc1cc(C=C(C#N)C(N)=O)ccc1OC(C)C. The van der Waals surface area contributed by atoms with Crippen LogP contribution in [0.4, 0.5) is 0 Å². The minimum atomic E-state index is -0.760. The van der Waals surface area contributed by atoms with Crippen molar-refractivity contribution in [1.29, 1.82) is 5.26 Å². The summed E-state index contributed by atoms with van der Waals surface area (Å²) < 4.78 is 10.8. The zero-order valence-corrected chi connectivity index (χ0v) is 11.1. The molecular formula is C14H16N2O3. The van der Waals surface area contributed by atoms with Gasteiger partial charge in [0.25, 0.3) is 5.91 Å². The third-order valence-corrected chi connectivity index (χ3v) is 2.25. The fraction of sp³-hybridized carbons (Fsp3) is 0.286. The molecule has 0 aliphatic heterocycles. The van der Waals surface area contributed by atoms with Crippen molar-refractivity contribution in [3.8, 4) is 17.6 Å². The summed E-state index contributed by atoms with van der Waals surface area (Å²) in [5.41, 5.74) is 5.61. The molecule has 1 aromatic carbocycles. The Morgan fingerprint density at radius 3 is 2.58 bits per heavy atom. The highest BCUT2D eigenvalue weighted by Gasteiger charge is 2.08. The van der Waals surface area contributed by atoms with Crippen molar-refractivity contribution in [2.75, 3.05) is 7.11 Å². The largest absolute Gasteiger partial charge is 0.493 e. The molecule has 0 saturated carbocycles. The number of hydrogen-bond donors (Lipinski definition) is 1. The molecule has 0 saturated heterocycles. The lowest BCUT2D eigenvalue weighted by atomic mass is 10.1. The van der Waals surface area contributed by atoms with Crippen LogP contribution in [0.3, 0.4) is 0 Å². The molecule has 0 radical (unpaired) electrons. The van der Waals surface area contributed by atoms with Gasteiger partial charge in [-0.2, -0.15) is 5.26 Å². The number of hydrogen-bond acceptors (Lipinski definition) is 4. The van der Waals surface area contributed by atoms with Gasteiger partial charge in [0, 0.05) is 0 Å². The average molecular weight is 260 g/mol. The van der Waals surface area contributed by atoms with Crippen LogP contribution in [0.2, 0.25) is 0 Å². The molecule has 0 aromatic heterocycles. The van der Waals surface area contributed by atoms with Crippen molar-refractivity contribution < 1.29 is 14.3 Å². The summed E-state index contributed by atoms with van der Waals surface area (Å²) in [5, 5.41) is 8.78. The monoisotopic (exact) mass is 260 g/mol. The molecule has 0 aliphatic carbocycles. The van der Waals surface area contributed by atoms with Crippen LogP contribution in [-0.4, -0.2) is 19.1 Å². The highest BCUT2D eigenvalue weighted by Crippen LogP contribution is 2.29. The van der Waals surface area contributed by atoms with Crippen LogP contribution in [0.15, 0.2) is 23.8 Å². The van der Waals surface area contributed by atoms with E-state index in [0.29, 0.717) is 17.1 Å². The van der Waals surface area contributed by atoms with Gasteiger partial charge in [0.1, 0.15) is 11.6 Å². The van der Waals surface area contributed by atoms with Gasteiger partial charge in [0.05, 0.1) is 13.2 Å². The number of ether oxygens (including phenoxy) is 2. The molecule has 1 amide bonds. The van der Waals surface area contributed by atoms with Gasteiger partial charge in [-0.25, -0.2) is 0 Å². The van der Waals surface area contributed by atoms with E-state index in [1.165, 1.54) is 13.2 Å². The Hall–Kier alpha value is -2.48. The number of carbonyl (C=O) groups is 1. The van der Waals surface area contributed by atoms with E-state index in [2.05, 4.69) is 0 Å². The van der Waals surface area contributed by atoms with Crippen LogP contribution < -0.4 is 15.2 Å². The van der Waals surface area contributed by atoms with E-state index in [4.69, 9.17) is 20.5 Å². The quantitative estimate of drug-likeness (QED) is 0.647. The molecule has 5 heteroatoms. The zero-order valence-electron chi connectivity index (χ0n) is 11.1. The Labute approximate surface area is 112 Å². The van der Waals surface area contributed by atoms with Gasteiger partial charge in [-0.05, 0) is 37.6 Å². The number of primary amides is 1. The van der Waals surface area contributed by atoms with Gasteiger partial charge in [-0.3, -0.25) is 4.79 Å². The van der Waals surface area contributed by atoms with Gasteiger partial charge in [0.15, 0.2) is 11.5 Å². The first-order valence-electron chi connectivity index (χ1n) is 5.74. The smallest absolute Gasteiger partial charge is 0.259 e. The Morgan fingerprint density at radius 2 is 2.11 bits per heavy atom. The van der Waals surface area contributed by atoms with Gasteiger partial charge in [0.2, 0.25) is 0 Å². The molecule has 5 nitrogen and oxygen atoms in total. The van der Waals surface area contributed by atoms with E-state index >= 15 is 0 Å². The first-order chi connectivity index (χ1) is 8.97. The second kappa shape index (κ2) is 6.45. The average Bonchev–Trinajstić information content (AvgIpc) is 2.36. The number of rotatable bonds is 5. The number of nitriles is 1. The summed E-state index contributed by atoms with van der Waals surface area (Å²) in [4.78, 5) is 11.0. The first kappa shape index (κ1) is 14.6. The lowest BCUT2D eigenvalue weighted by molar-refractivity contribution is -0.114. The van der Waals surface area contributed by atoms with Gasteiger partial charge in [-0.1, -0.05) is 6.07 Å². The van der Waals surface area contributed by atoms with Crippen molar-refractivity contribution in [3.05, 3.63) is 29.3 Å². The van der Waals surface area contributed by atoms with E-state index in [-0.39, 0.29) is 11.7 Å². The second-order valence-corrected chi connectivity index (χ2v) is 4.11. The molecule has 0 spiro atoms. The highest BCUT2D eigenvalue weighted by atomic mass is 16.5. The topological polar surface area (TPSA) is 85.3 Å². The van der Waals surface area contributed by atoms with Crippen LogP contribution in [0, 0.1) is 11.3 Å². The molecule has 1 aromatic rings. The summed E-state index contributed by atoms with van der Waals surface area (Å²) in [6.45, 7) is 3.82. The van der Waals surface area contributed by atoms with Crippen molar-refractivity contribution in [2.45, 2.75) is 20.0 Å². The van der Waals surface area contributed by atoms with Crippen LogP contribution in [0.5, 0.6) is 11.5 Å². The lowest BCUT2D eigenvalue weighted by Crippen LogP contribution is -2.12. The molecule has 0 unspecified atom stereocenters. The maximum atomic E-state index is 11.0. The molecule has 0 fully saturated rings. The summed E-state index contributed by atoms with van der Waals surface area (Å²) in [5.74, 6) is 0.375. The molecular weight excluding hydrogens is 244 g/mol. The van der Waals surface area contributed by atoms with Gasteiger partial charge in [-0.15, -0.1) is 0 Å². The van der Waals surface area contributed by atoms with Crippen LogP contribution in [-0.2, 0) is 4.79 Å². The third-order valence-electron chi connectivity index (χ3n) is 2.25. The zero-order chi connectivity index (χ0) is 14.4. The normalized spacial score (nSPS) is 11.0. The van der Waals surface area contributed by atoms with E-state index in [1.54, 1.807) is 24.3 Å². The third kappa shape index (κ3) is 4.03. The van der Waals surface area contributed by atoms with Crippen molar-refractivity contribution >= 4 is 12.0 Å². The Kier molecular flexibility index (Phi) is 4.95. The van der Waals surface area contributed by atoms with Gasteiger partial charge >= 0.3 is 0 Å². The standard InChI is InChI=1S/C14H16N2O3/c1-9(2)19-12-5-4-10(7-13(12)18-3)6-11(8-15)14(16)17/h4-7,9H,1-3H3,(H2,16,17). The van der Waals surface area contributed by atoms with Crippen molar-refractivity contribution in [2.24, 2.45) is 5.73 Å². The van der Waals surface area contributed by atoms with E-state index in [1.807, 2.05) is 13.8 Å². The maximum Gasteiger partial charge on any atom is 0.259 e. The second-order valence-electron chi connectivity index (χ2n) is 4.11. The molecule has 2 N–H and O–H groups in total. The molecule has 0 atom stereocenters. The molecule has 0 aliphatic rings. The molecule has 1 rings (SSSR count). The first-order valence-corrected chi connectivity index (χ1v) is 5.74. The number of benzene rings is 1. The lowest BCUT2D eigenvalue weighted by Gasteiger charge is -2.13. The summed E-state index contributed by atoms with van der Waals surface area (Å²) in [6.07, 6.45) is 1.43. The molecule has 100 valence electrons. The molecule has 0 bridgehead atoms. The molecule has 19 heavy (non-hydrogen) atoms. The Morgan fingerprint density at radius 1 is 1.42 bits per heavy atom. The number of amides is 1. The van der Waals surface area contributed by atoms with Crippen molar-refractivity contribution in [3.63, 3.8) is 0 Å². The summed E-state index contributed by atoms with van der Waals surface area (Å²) in [6, 6.07) is 6.87. The minimum absolute atomic E-state index is 0.0237. The number of nitrogens with zero attached hydrogens (tertiary/aromatic N) is 1. The predicted molar refractivity (Wildman–Crippen MR) is 71.5 cm³/mol. The maximum absolute atomic E-state index is 11.0. The Balaban J connectivity index is 3.14. The number of nitrogens with two attached hydrogens (primary N) is 1. The summed E-state index contributed by atoms with van der Waals surface area (Å²) >= 11 is 0. The highest BCUT2D eigenvalue weighted by molar-refractivity contribution is 6.00. The van der Waals surface area contributed by atoms with Crippen LogP contribution in [0.25, 0.3) is 6.08 Å². The van der Waals surface area contributed by atoms with E-state index in [9.17, 15) is 4.79 Å².